The molecule has 0 saturated carbocycles. The van der Waals surface area contributed by atoms with Crippen LogP contribution in [0.25, 0.3) is 0 Å². The van der Waals surface area contributed by atoms with Crippen molar-refractivity contribution >= 4 is 18.3 Å². The Bertz CT molecular complexity index is 248. The van der Waals surface area contributed by atoms with Crippen molar-refractivity contribution < 1.29 is 0 Å². The van der Waals surface area contributed by atoms with Crippen LogP contribution in [0.5, 0.6) is 0 Å². The number of hydrogen-bond donors (Lipinski definition) is 3. The van der Waals surface area contributed by atoms with E-state index in [1.165, 1.54) is 5.56 Å². The van der Waals surface area contributed by atoms with E-state index in [-0.39, 0.29) is 0 Å². The maximum Gasteiger partial charge on any atom is 0.0488 e. The summed E-state index contributed by atoms with van der Waals surface area (Å²) in [5.74, 6) is 5.25. The van der Waals surface area contributed by atoms with Crippen molar-refractivity contribution in [2.24, 2.45) is 5.84 Å². The number of hydrazine groups is 1. The Labute approximate surface area is 72.2 Å². The highest BCUT2D eigenvalue weighted by atomic mass is 32.1. The minimum atomic E-state index is 0.930. The molecule has 0 atom stereocenters. The zero-order chi connectivity index (χ0) is 8.27. The monoisotopic (exact) mass is 168 g/mol. The molecule has 1 aromatic carbocycles. The molecule has 2 nitrogen and oxygen atoms in total. The highest BCUT2D eigenvalue weighted by molar-refractivity contribution is 7.80. The van der Waals surface area contributed by atoms with Crippen LogP contribution in [0.3, 0.4) is 0 Å². The number of nitrogens with two attached hydrogens (primary N) is 1. The molecular weight excluding hydrogens is 156 g/mol. The van der Waals surface area contributed by atoms with Gasteiger partial charge in [-0.15, -0.1) is 12.6 Å². The summed E-state index contributed by atoms with van der Waals surface area (Å²) in [5, 5.41) is 0. The lowest BCUT2D eigenvalue weighted by Crippen LogP contribution is -2.06. The largest absolute Gasteiger partial charge is 0.324 e. The average molecular weight is 168 g/mol. The van der Waals surface area contributed by atoms with Crippen LogP contribution in [-0.2, 0) is 6.42 Å². The van der Waals surface area contributed by atoms with Gasteiger partial charge < -0.3 is 5.43 Å². The molecule has 0 aliphatic carbocycles. The fourth-order valence-electron chi connectivity index (χ4n) is 0.958. The Morgan fingerprint density at radius 1 is 1.55 bits per heavy atom. The molecule has 1 rings (SSSR count). The molecule has 3 N–H and O–H groups in total. The standard InChI is InChI=1S/C8H12N2S/c1-2-6-5-7(10-9)3-4-8(6)11/h3-5,10-11H,2,9H2,1H3. The minimum Gasteiger partial charge on any atom is -0.324 e. The zero-order valence-corrected chi connectivity index (χ0v) is 7.36. The number of anilines is 1. The van der Waals surface area contributed by atoms with Crippen molar-refractivity contribution in [2.75, 3.05) is 5.43 Å². The number of nitrogens with one attached hydrogen (secondary N) is 1. The van der Waals surface area contributed by atoms with E-state index in [4.69, 9.17) is 5.84 Å². The Balaban J connectivity index is 3.02. The summed E-state index contributed by atoms with van der Waals surface area (Å²) in [7, 11) is 0. The summed E-state index contributed by atoms with van der Waals surface area (Å²) < 4.78 is 0. The van der Waals surface area contributed by atoms with Gasteiger partial charge >= 0.3 is 0 Å². The molecule has 1 aromatic rings. The topological polar surface area (TPSA) is 38.0 Å². The first-order valence-electron chi connectivity index (χ1n) is 3.56. The van der Waals surface area contributed by atoms with Gasteiger partial charge in [-0.3, -0.25) is 5.84 Å². The second kappa shape index (κ2) is 3.64. The van der Waals surface area contributed by atoms with Crippen LogP contribution in [-0.4, -0.2) is 0 Å². The lowest BCUT2D eigenvalue weighted by atomic mass is 10.1. The lowest BCUT2D eigenvalue weighted by molar-refractivity contribution is 1.08. The van der Waals surface area contributed by atoms with Crippen molar-refractivity contribution in [1.29, 1.82) is 0 Å². The van der Waals surface area contributed by atoms with Crippen molar-refractivity contribution in [1.82, 2.24) is 0 Å². The molecule has 0 fully saturated rings. The van der Waals surface area contributed by atoms with E-state index in [1.807, 2.05) is 18.2 Å². The quantitative estimate of drug-likeness (QED) is 0.358. The smallest absolute Gasteiger partial charge is 0.0488 e. The van der Waals surface area contributed by atoms with Crippen LogP contribution in [0, 0.1) is 0 Å². The van der Waals surface area contributed by atoms with E-state index in [2.05, 4.69) is 25.0 Å². The van der Waals surface area contributed by atoms with Gasteiger partial charge in [0.25, 0.3) is 0 Å². The third-order valence-electron chi connectivity index (χ3n) is 1.63. The Morgan fingerprint density at radius 3 is 2.82 bits per heavy atom. The summed E-state index contributed by atoms with van der Waals surface area (Å²) in [6.45, 7) is 2.09. The van der Waals surface area contributed by atoms with Crippen LogP contribution < -0.4 is 11.3 Å². The molecule has 0 spiro atoms. The number of aryl methyl sites for hydroxylation is 1. The van der Waals surface area contributed by atoms with E-state index in [0.717, 1.165) is 17.0 Å². The van der Waals surface area contributed by atoms with Crippen molar-refractivity contribution in [3.63, 3.8) is 0 Å². The van der Waals surface area contributed by atoms with Gasteiger partial charge in [0.15, 0.2) is 0 Å². The molecule has 3 heteroatoms. The van der Waals surface area contributed by atoms with Crippen molar-refractivity contribution in [2.45, 2.75) is 18.2 Å². The predicted molar refractivity (Wildman–Crippen MR) is 50.9 cm³/mol. The predicted octanol–water partition coefficient (Wildman–Crippen LogP) is 1.82. The molecule has 11 heavy (non-hydrogen) atoms. The van der Waals surface area contributed by atoms with Gasteiger partial charge in [-0.25, -0.2) is 0 Å². The first-order chi connectivity index (χ1) is 5.27. The normalized spacial score (nSPS) is 9.73. The van der Waals surface area contributed by atoms with Gasteiger partial charge in [-0.1, -0.05) is 6.92 Å². The number of benzene rings is 1. The Morgan fingerprint density at radius 2 is 2.27 bits per heavy atom. The molecular formula is C8H12N2S. The second-order valence-electron chi connectivity index (χ2n) is 2.34. The number of rotatable bonds is 2. The molecule has 0 unspecified atom stereocenters. The Hall–Kier alpha value is -0.670. The van der Waals surface area contributed by atoms with E-state index in [1.54, 1.807) is 0 Å². The van der Waals surface area contributed by atoms with E-state index in [9.17, 15) is 0 Å². The highest BCUT2D eigenvalue weighted by Crippen LogP contribution is 2.18. The first-order valence-corrected chi connectivity index (χ1v) is 4.01. The SMILES string of the molecule is CCc1cc(NN)ccc1S. The summed E-state index contributed by atoms with van der Waals surface area (Å²) >= 11 is 4.30. The van der Waals surface area contributed by atoms with Crippen LogP contribution >= 0.6 is 12.6 Å². The van der Waals surface area contributed by atoms with Crippen LogP contribution in [0.15, 0.2) is 23.1 Å². The molecule has 0 aliphatic rings. The molecule has 60 valence electrons. The van der Waals surface area contributed by atoms with Gasteiger partial charge in [-0.2, -0.15) is 0 Å². The summed E-state index contributed by atoms with van der Waals surface area (Å²) in [4.78, 5) is 1.02. The van der Waals surface area contributed by atoms with E-state index >= 15 is 0 Å². The van der Waals surface area contributed by atoms with Crippen molar-refractivity contribution in [3.8, 4) is 0 Å². The number of thiol groups is 1. The Kier molecular flexibility index (Phi) is 2.79. The van der Waals surface area contributed by atoms with Crippen molar-refractivity contribution in [3.05, 3.63) is 23.8 Å². The fourth-order valence-corrected chi connectivity index (χ4v) is 1.26. The molecule has 0 radical (unpaired) electrons. The molecule has 0 amide bonds. The van der Waals surface area contributed by atoms with Crippen LogP contribution in [0.1, 0.15) is 12.5 Å². The summed E-state index contributed by atoms with van der Waals surface area (Å²) in [6.07, 6.45) is 0.981. The number of nitrogen functional groups attached to an aromatic ring is 1. The van der Waals surface area contributed by atoms with Gasteiger partial charge in [0, 0.05) is 10.6 Å². The van der Waals surface area contributed by atoms with E-state index < -0.39 is 0 Å². The summed E-state index contributed by atoms with van der Waals surface area (Å²) in [6, 6.07) is 5.85. The molecule has 0 bridgehead atoms. The fraction of sp³-hybridized carbons (Fsp3) is 0.250. The lowest BCUT2D eigenvalue weighted by Gasteiger charge is -2.04. The third kappa shape index (κ3) is 1.88. The molecule has 0 aromatic heterocycles. The van der Waals surface area contributed by atoms with Gasteiger partial charge in [0.2, 0.25) is 0 Å². The maximum atomic E-state index is 5.25. The molecule has 0 aliphatic heterocycles. The molecule has 0 saturated heterocycles. The number of hydrogen-bond acceptors (Lipinski definition) is 3. The van der Waals surface area contributed by atoms with Gasteiger partial charge in [0.1, 0.15) is 0 Å². The first kappa shape index (κ1) is 8.43. The average Bonchev–Trinajstić information content (AvgIpc) is 2.05. The highest BCUT2D eigenvalue weighted by Gasteiger charge is 1.96. The van der Waals surface area contributed by atoms with Crippen LogP contribution in [0.2, 0.25) is 0 Å². The maximum absolute atomic E-state index is 5.25. The van der Waals surface area contributed by atoms with Gasteiger partial charge in [-0.05, 0) is 30.2 Å². The molecule has 0 heterocycles. The van der Waals surface area contributed by atoms with Gasteiger partial charge in [0.05, 0.1) is 0 Å². The zero-order valence-electron chi connectivity index (χ0n) is 6.46. The minimum absolute atomic E-state index is 0.930. The van der Waals surface area contributed by atoms with E-state index in [0.29, 0.717) is 0 Å². The van der Waals surface area contributed by atoms with Crippen LogP contribution in [0.4, 0.5) is 5.69 Å². The third-order valence-corrected chi connectivity index (χ3v) is 2.06. The second-order valence-corrected chi connectivity index (χ2v) is 2.82. The summed E-state index contributed by atoms with van der Waals surface area (Å²) in [5.41, 5.74) is 4.74.